The molecule has 1 unspecified atom stereocenters. The summed E-state index contributed by atoms with van der Waals surface area (Å²) in [6.07, 6.45) is 0. The monoisotopic (exact) mass is 433 g/mol. The second kappa shape index (κ2) is 9.28. The number of hydrogen-bond acceptors (Lipinski definition) is 5. The Bertz CT molecular complexity index is 1010. The van der Waals surface area contributed by atoms with Gasteiger partial charge in [0, 0.05) is 24.8 Å². The van der Waals surface area contributed by atoms with Gasteiger partial charge in [-0.3, -0.25) is 9.59 Å². The molecule has 1 aliphatic rings. The van der Waals surface area contributed by atoms with E-state index < -0.39 is 29.3 Å². The van der Waals surface area contributed by atoms with Crippen LogP contribution in [0, 0.1) is 5.82 Å². The first-order chi connectivity index (χ1) is 14.4. The Morgan fingerprint density at radius 3 is 2.60 bits per heavy atom. The number of Topliss-reactive ketones (excluding diaryl/α,β-unsaturated/α-hetero) is 1. The number of halogens is 2. The first-order valence-electron chi connectivity index (χ1n) is 9.35. The summed E-state index contributed by atoms with van der Waals surface area (Å²) in [6.45, 7) is 2.41. The summed E-state index contributed by atoms with van der Waals surface area (Å²) in [7, 11) is 1.45. The van der Waals surface area contributed by atoms with Crippen molar-refractivity contribution in [1.82, 2.24) is 4.90 Å². The number of aliphatic hydroxyl groups is 1. The van der Waals surface area contributed by atoms with Gasteiger partial charge in [-0.25, -0.2) is 4.39 Å². The zero-order valence-electron chi connectivity index (χ0n) is 16.5. The summed E-state index contributed by atoms with van der Waals surface area (Å²) in [5.74, 6) is -2.35. The van der Waals surface area contributed by atoms with Crippen LogP contribution in [0.15, 0.2) is 48.0 Å². The highest BCUT2D eigenvalue weighted by molar-refractivity contribution is 6.46. The molecular formula is C22H21ClFNO5. The largest absolute Gasteiger partial charge is 0.507 e. The van der Waals surface area contributed by atoms with Gasteiger partial charge in [0.1, 0.15) is 17.3 Å². The minimum Gasteiger partial charge on any atom is -0.507 e. The van der Waals surface area contributed by atoms with Gasteiger partial charge in [-0.1, -0.05) is 29.8 Å². The molecule has 6 nitrogen and oxygen atoms in total. The van der Waals surface area contributed by atoms with Gasteiger partial charge >= 0.3 is 0 Å². The van der Waals surface area contributed by atoms with E-state index in [1.807, 2.05) is 0 Å². The van der Waals surface area contributed by atoms with Crippen molar-refractivity contribution in [2.24, 2.45) is 0 Å². The summed E-state index contributed by atoms with van der Waals surface area (Å²) in [4.78, 5) is 26.7. The maximum absolute atomic E-state index is 14.6. The molecular weight excluding hydrogens is 413 g/mol. The SMILES string of the molecule is CCOc1ccc(/C(O)=C2\C(=O)C(=O)N(CCOC)C2c2ccccc2F)cc1Cl. The van der Waals surface area contributed by atoms with Crippen LogP contribution in [0.2, 0.25) is 5.02 Å². The third-order valence-corrected chi connectivity index (χ3v) is 5.08. The molecule has 0 aromatic heterocycles. The smallest absolute Gasteiger partial charge is 0.295 e. The molecule has 3 rings (SSSR count). The highest BCUT2D eigenvalue weighted by atomic mass is 35.5. The van der Waals surface area contributed by atoms with Gasteiger partial charge in [-0.2, -0.15) is 0 Å². The van der Waals surface area contributed by atoms with Crippen molar-refractivity contribution in [2.75, 3.05) is 26.9 Å². The Kier molecular flexibility index (Phi) is 6.74. The van der Waals surface area contributed by atoms with Gasteiger partial charge in [0.2, 0.25) is 0 Å². The molecule has 158 valence electrons. The van der Waals surface area contributed by atoms with E-state index in [4.69, 9.17) is 21.1 Å². The molecule has 2 aromatic carbocycles. The molecule has 0 saturated carbocycles. The summed E-state index contributed by atoms with van der Waals surface area (Å²) in [5, 5.41) is 11.2. The van der Waals surface area contributed by atoms with Gasteiger partial charge in [-0.05, 0) is 31.2 Å². The predicted octanol–water partition coefficient (Wildman–Crippen LogP) is 3.95. The second-order valence-corrected chi connectivity index (χ2v) is 6.99. The summed E-state index contributed by atoms with van der Waals surface area (Å²) < 4.78 is 25.0. The number of nitrogens with zero attached hydrogens (tertiary/aromatic N) is 1. The molecule has 1 fully saturated rings. The van der Waals surface area contributed by atoms with Crippen molar-refractivity contribution >= 4 is 29.1 Å². The zero-order chi connectivity index (χ0) is 21.8. The molecule has 1 saturated heterocycles. The molecule has 0 radical (unpaired) electrons. The zero-order valence-corrected chi connectivity index (χ0v) is 17.3. The van der Waals surface area contributed by atoms with E-state index in [9.17, 15) is 19.1 Å². The normalized spacial score (nSPS) is 18.1. The molecule has 1 N–H and O–H groups in total. The van der Waals surface area contributed by atoms with E-state index in [1.54, 1.807) is 19.1 Å². The topological polar surface area (TPSA) is 76.1 Å². The number of carbonyl (C=O) groups is 2. The second-order valence-electron chi connectivity index (χ2n) is 6.59. The number of rotatable bonds is 7. The van der Waals surface area contributed by atoms with Crippen LogP contribution in [0.25, 0.3) is 5.76 Å². The Hall–Kier alpha value is -2.90. The van der Waals surface area contributed by atoms with Gasteiger partial charge in [0.05, 0.1) is 29.9 Å². The van der Waals surface area contributed by atoms with Crippen molar-refractivity contribution in [1.29, 1.82) is 0 Å². The Labute approximate surface area is 178 Å². The van der Waals surface area contributed by atoms with E-state index in [1.165, 1.54) is 42.3 Å². The van der Waals surface area contributed by atoms with E-state index in [0.29, 0.717) is 12.4 Å². The van der Waals surface area contributed by atoms with Crippen LogP contribution in [0.5, 0.6) is 5.75 Å². The Morgan fingerprint density at radius 2 is 1.97 bits per heavy atom. The van der Waals surface area contributed by atoms with E-state index in [-0.39, 0.29) is 34.9 Å². The van der Waals surface area contributed by atoms with E-state index in [0.717, 1.165) is 0 Å². The molecule has 1 heterocycles. The van der Waals surface area contributed by atoms with Gasteiger partial charge in [0.25, 0.3) is 11.7 Å². The van der Waals surface area contributed by atoms with Crippen molar-refractivity contribution in [3.8, 4) is 5.75 Å². The van der Waals surface area contributed by atoms with Crippen LogP contribution >= 0.6 is 11.6 Å². The maximum atomic E-state index is 14.6. The third kappa shape index (κ3) is 4.04. The average Bonchev–Trinajstić information content (AvgIpc) is 2.98. The van der Waals surface area contributed by atoms with Crippen molar-refractivity contribution < 1.29 is 28.6 Å². The van der Waals surface area contributed by atoms with Crippen LogP contribution in [-0.2, 0) is 14.3 Å². The van der Waals surface area contributed by atoms with Crippen LogP contribution in [-0.4, -0.2) is 48.6 Å². The lowest BCUT2D eigenvalue weighted by molar-refractivity contribution is -0.140. The number of hydrogen-bond donors (Lipinski definition) is 1. The van der Waals surface area contributed by atoms with Crippen LogP contribution < -0.4 is 4.74 Å². The average molecular weight is 434 g/mol. The van der Waals surface area contributed by atoms with Crippen LogP contribution in [0.1, 0.15) is 24.1 Å². The number of benzene rings is 2. The quantitative estimate of drug-likeness (QED) is 0.406. The molecule has 0 aliphatic carbocycles. The fraction of sp³-hybridized carbons (Fsp3) is 0.273. The molecule has 1 amide bonds. The first-order valence-corrected chi connectivity index (χ1v) is 9.73. The Balaban J connectivity index is 2.16. The molecule has 0 bridgehead atoms. The third-order valence-electron chi connectivity index (χ3n) is 4.78. The van der Waals surface area contributed by atoms with Gasteiger partial charge < -0.3 is 19.5 Å². The maximum Gasteiger partial charge on any atom is 0.295 e. The fourth-order valence-electron chi connectivity index (χ4n) is 3.40. The summed E-state index contributed by atoms with van der Waals surface area (Å²) in [6, 6.07) is 9.24. The Morgan fingerprint density at radius 1 is 1.23 bits per heavy atom. The van der Waals surface area contributed by atoms with E-state index in [2.05, 4.69) is 0 Å². The van der Waals surface area contributed by atoms with Crippen molar-refractivity contribution in [3.63, 3.8) is 0 Å². The van der Waals surface area contributed by atoms with E-state index >= 15 is 0 Å². The van der Waals surface area contributed by atoms with Gasteiger partial charge in [-0.15, -0.1) is 0 Å². The van der Waals surface area contributed by atoms with Crippen LogP contribution in [0.4, 0.5) is 4.39 Å². The summed E-state index contributed by atoms with van der Waals surface area (Å²) in [5.41, 5.74) is 0.113. The first kappa shape index (κ1) is 21.8. The molecule has 30 heavy (non-hydrogen) atoms. The number of aliphatic hydroxyl groups excluding tert-OH is 1. The number of amides is 1. The number of methoxy groups -OCH3 is 1. The van der Waals surface area contributed by atoms with Crippen LogP contribution in [0.3, 0.4) is 0 Å². The lowest BCUT2D eigenvalue weighted by Gasteiger charge is -2.25. The molecule has 1 aliphatic heterocycles. The highest BCUT2D eigenvalue weighted by Crippen LogP contribution is 2.40. The number of ketones is 1. The molecule has 8 heteroatoms. The van der Waals surface area contributed by atoms with Crippen molar-refractivity contribution in [3.05, 3.63) is 70.0 Å². The summed E-state index contributed by atoms with van der Waals surface area (Å²) >= 11 is 6.20. The lowest BCUT2D eigenvalue weighted by atomic mass is 9.95. The number of carbonyl (C=O) groups excluding carboxylic acids is 2. The highest BCUT2D eigenvalue weighted by Gasteiger charge is 2.46. The number of likely N-dealkylation sites (tertiary alicyclic amines) is 1. The molecule has 1 atom stereocenters. The molecule has 2 aromatic rings. The minimum absolute atomic E-state index is 0.0564. The fourth-order valence-corrected chi connectivity index (χ4v) is 3.63. The van der Waals surface area contributed by atoms with Crippen molar-refractivity contribution in [2.45, 2.75) is 13.0 Å². The van der Waals surface area contributed by atoms with Gasteiger partial charge in [0.15, 0.2) is 0 Å². The number of ether oxygens (including phenoxy) is 2. The standard InChI is InChI=1S/C22H21ClFNO5/c1-3-30-17-9-8-13(12-15(17)23)20(26)18-19(14-6-4-5-7-16(14)24)25(10-11-29-2)22(28)21(18)27/h4-9,12,19,26H,3,10-11H2,1-2H3/b20-18+. The minimum atomic E-state index is -1.09. The lowest BCUT2D eigenvalue weighted by Crippen LogP contribution is -2.33. The molecule has 0 spiro atoms. The predicted molar refractivity (Wildman–Crippen MR) is 110 cm³/mol.